The fourth-order valence-electron chi connectivity index (χ4n) is 1.70. The van der Waals surface area contributed by atoms with E-state index in [9.17, 15) is 0 Å². The minimum Gasteiger partial charge on any atom is -0.355 e. The topological polar surface area (TPSA) is 29.9 Å². The summed E-state index contributed by atoms with van der Waals surface area (Å²) in [5, 5.41) is 4.53. The standard InChI is InChI=1S/C13H15Cl2N3/c1-2-3-4-16-13-17-5-6-18(13)12-8-10(14)7-11(15)9-12/h5-9H,2-4H2,1H3,(H,16,17). The van der Waals surface area contributed by atoms with Crippen LogP contribution in [0.25, 0.3) is 5.69 Å². The van der Waals surface area contributed by atoms with Gasteiger partial charge in [0.15, 0.2) is 0 Å². The lowest BCUT2D eigenvalue weighted by Gasteiger charge is -2.10. The lowest BCUT2D eigenvalue weighted by Crippen LogP contribution is -2.07. The summed E-state index contributed by atoms with van der Waals surface area (Å²) in [5.74, 6) is 0.807. The molecule has 5 heteroatoms. The van der Waals surface area contributed by atoms with Crippen LogP contribution < -0.4 is 5.32 Å². The van der Waals surface area contributed by atoms with Gasteiger partial charge < -0.3 is 5.32 Å². The van der Waals surface area contributed by atoms with Crippen molar-refractivity contribution in [1.29, 1.82) is 0 Å². The molecule has 0 aliphatic heterocycles. The van der Waals surface area contributed by atoms with Crippen molar-refractivity contribution in [2.75, 3.05) is 11.9 Å². The zero-order valence-corrected chi connectivity index (χ0v) is 11.7. The summed E-state index contributed by atoms with van der Waals surface area (Å²) in [7, 11) is 0. The molecule has 2 rings (SSSR count). The van der Waals surface area contributed by atoms with Crippen LogP contribution in [0.1, 0.15) is 19.8 Å². The molecule has 0 aliphatic carbocycles. The number of nitrogens with one attached hydrogen (secondary N) is 1. The van der Waals surface area contributed by atoms with Crippen LogP contribution in [0.2, 0.25) is 10.0 Å². The van der Waals surface area contributed by atoms with Crippen LogP contribution in [0.4, 0.5) is 5.95 Å². The normalized spacial score (nSPS) is 10.6. The molecule has 1 N–H and O–H groups in total. The van der Waals surface area contributed by atoms with Crippen LogP contribution >= 0.6 is 23.2 Å². The quantitative estimate of drug-likeness (QED) is 0.825. The SMILES string of the molecule is CCCCNc1nccn1-c1cc(Cl)cc(Cl)c1. The van der Waals surface area contributed by atoms with Crippen LogP contribution in [0.15, 0.2) is 30.6 Å². The molecule has 0 radical (unpaired) electrons. The lowest BCUT2D eigenvalue weighted by molar-refractivity contribution is 0.823. The Labute approximate surface area is 117 Å². The van der Waals surface area contributed by atoms with E-state index in [1.54, 1.807) is 12.3 Å². The highest BCUT2D eigenvalue weighted by atomic mass is 35.5. The molecule has 0 bridgehead atoms. The summed E-state index contributed by atoms with van der Waals surface area (Å²) >= 11 is 12.0. The van der Waals surface area contributed by atoms with Gasteiger partial charge in [0.25, 0.3) is 0 Å². The van der Waals surface area contributed by atoms with E-state index in [4.69, 9.17) is 23.2 Å². The molecule has 0 fully saturated rings. The van der Waals surface area contributed by atoms with Crippen molar-refractivity contribution < 1.29 is 0 Å². The largest absolute Gasteiger partial charge is 0.355 e. The summed E-state index contributed by atoms with van der Waals surface area (Å²) in [6.45, 7) is 3.06. The summed E-state index contributed by atoms with van der Waals surface area (Å²) in [6, 6.07) is 5.44. The minimum atomic E-state index is 0.616. The average Bonchev–Trinajstić information content (AvgIpc) is 2.76. The number of nitrogens with zero attached hydrogens (tertiary/aromatic N) is 2. The molecular formula is C13H15Cl2N3. The second kappa shape index (κ2) is 6.12. The Balaban J connectivity index is 2.24. The van der Waals surface area contributed by atoms with E-state index in [-0.39, 0.29) is 0 Å². The Morgan fingerprint density at radius 1 is 1.22 bits per heavy atom. The van der Waals surface area contributed by atoms with Crippen LogP contribution in [-0.4, -0.2) is 16.1 Å². The van der Waals surface area contributed by atoms with E-state index in [1.807, 2.05) is 22.9 Å². The van der Waals surface area contributed by atoms with Gasteiger partial charge in [-0.2, -0.15) is 0 Å². The molecule has 3 nitrogen and oxygen atoms in total. The Hall–Kier alpha value is -1.19. The Bertz CT molecular complexity index is 502. The molecule has 2 aromatic rings. The van der Waals surface area contributed by atoms with Crippen molar-refractivity contribution in [2.45, 2.75) is 19.8 Å². The number of unbranched alkanes of at least 4 members (excludes halogenated alkanes) is 1. The van der Waals surface area contributed by atoms with Crippen LogP contribution in [0.3, 0.4) is 0 Å². The summed E-state index contributed by atoms with van der Waals surface area (Å²) < 4.78 is 1.94. The van der Waals surface area contributed by atoms with Gasteiger partial charge in [-0.1, -0.05) is 36.5 Å². The van der Waals surface area contributed by atoms with Crippen molar-refractivity contribution in [3.05, 3.63) is 40.6 Å². The van der Waals surface area contributed by atoms with Crippen molar-refractivity contribution in [3.8, 4) is 5.69 Å². The van der Waals surface area contributed by atoms with Gasteiger partial charge in [0.2, 0.25) is 5.95 Å². The third kappa shape index (κ3) is 3.18. The van der Waals surface area contributed by atoms with Crippen molar-refractivity contribution >= 4 is 29.2 Å². The third-order valence-electron chi connectivity index (χ3n) is 2.58. The van der Waals surface area contributed by atoms with E-state index in [2.05, 4.69) is 17.2 Å². The third-order valence-corrected chi connectivity index (χ3v) is 3.02. The summed E-state index contributed by atoms with van der Waals surface area (Å²) in [6.07, 6.45) is 5.90. The number of hydrogen-bond acceptors (Lipinski definition) is 2. The van der Waals surface area contributed by atoms with Crippen LogP contribution in [-0.2, 0) is 0 Å². The molecule has 0 saturated carbocycles. The van der Waals surface area contributed by atoms with E-state index in [1.165, 1.54) is 0 Å². The second-order valence-electron chi connectivity index (χ2n) is 4.03. The first-order valence-electron chi connectivity index (χ1n) is 5.94. The molecule has 0 atom stereocenters. The number of imidazole rings is 1. The number of aromatic nitrogens is 2. The van der Waals surface area contributed by atoms with Gasteiger partial charge >= 0.3 is 0 Å². The monoisotopic (exact) mass is 283 g/mol. The second-order valence-corrected chi connectivity index (χ2v) is 4.90. The maximum Gasteiger partial charge on any atom is 0.207 e. The first kappa shape index (κ1) is 13.2. The minimum absolute atomic E-state index is 0.616. The first-order chi connectivity index (χ1) is 8.70. The zero-order valence-electron chi connectivity index (χ0n) is 10.2. The Morgan fingerprint density at radius 3 is 2.61 bits per heavy atom. The zero-order chi connectivity index (χ0) is 13.0. The molecule has 0 amide bonds. The average molecular weight is 284 g/mol. The van der Waals surface area contributed by atoms with Gasteiger partial charge in [-0.25, -0.2) is 4.98 Å². The predicted octanol–water partition coefficient (Wildman–Crippen LogP) is 4.39. The van der Waals surface area contributed by atoms with Gasteiger partial charge in [0, 0.05) is 29.0 Å². The summed E-state index contributed by atoms with van der Waals surface area (Å²) in [5.41, 5.74) is 0.906. The van der Waals surface area contributed by atoms with Crippen LogP contribution in [0.5, 0.6) is 0 Å². The Kier molecular flexibility index (Phi) is 4.50. The highest BCUT2D eigenvalue weighted by Gasteiger charge is 2.06. The number of hydrogen-bond donors (Lipinski definition) is 1. The maximum atomic E-state index is 6.01. The molecule has 1 aromatic carbocycles. The van der Waals surface area contributed by atoms with Crippen LogP contribution in [0, 0.1) is 0 Å². The molecule has 0 aliphatic rings. The van der Waals surface area contributed by atoms with Gasteiger partial charge in [-0.15, -0.1) is 0 Å². The van der Waals surface area contributed by atoms with Gasteiger partial charge in [-0.3, -0.25) is 4.57 Å². The molecule has 18 heavy (non-hydrogen) atoms. The smallest absolute Gasteiger partial charge is 0.207 e. The van der Waals surface area contributed by atoms with Gasteiger partial charge in [-0.05, 0) is 24.6 Å². The number of rotatable bonds is 5. The van der Waals surface area contributed by atoms with Crippen molar-refractivity contribution in [1.82, 2.24) is 9.55 Å². The number of anilines is 1. The molecule has 0 spiro atoms. The number of halogens is 2. The fourth-order valence-corrected chi connectivity index (χ4v) is 2.21. The molecule has 0 unspecified atom stereocenters. The maximum absolute atomic E-state index is 6.01. The van der Waals surface area contributed by atoms with Gasteiger partial charge in [0.05, 0.1) is 5.69 Å². The highest BCUT2D eigenvalue weighted by Crippen LogP contribution is 2.23. The highest BCUT2D eigenvalue weighted by molar-refractivity contribution is 6.34. The van der Waals surface area contributed by atoms with E-state index in [0.717, 1.165) is 31.0 Å². The van der Waals surface area contributed by atoms with E-state index < -0.39 is 0 Å². The Morgan fingerprint density at radius 2 is 1.94 bits per heavy atom. The van der Waals surface area contributed by atoms with Gasteiger partial charge in [0.1, 0.15) is 0 Å². The predicted molar refractivity (Wildman–Crippen MR) is 77.0 cm³/mol. The van der Waals surface area contributed by atoms with E-state index >= 15 is 0 Å². The van der Waals surface area contributed by atoms with Crippen molar-refractivity contribution in [3.63, 3.8) is 0 Å². The molecule has 96 valence electrons. The fraction of sp³-hybridized carbons (Fsp3) is 0.308. The van der Waals surface area contributed by atoms with Crippen molar-refractivity contribution in [2.24, 2.45) is 0 Å². The van der Waals surface area contributed by atoms with E-state index in [0.29, 0.717) is 10.0 Å². The molecule has 0 saturated heterocycles. The first-order valence-corrected chi connectivity index (χ1v) is 6.70. The molecular weight excluding hydrogens is 269 g/mol. The molecule has 1 heterocycles. The lowest BCUT2D eigenvalue weighted by atomic mass is 10.3. The molecule has 1 aromatic heterocycles. The summed E-state index contributed by atoms with van der Waals surface area (Å²) in [4.78, 5) is 4.29. The number of benzene rings is 1.